The van der Waals surface area contributed by atoms with Crippen LogP contribution in [0.25, 0.3) is 0 Å². The van der Waals surface area contributed by atoms with Gasteiger partial charge in [0.2, 0.25) is 0 Å². The minimum absolute atomic E-state index is 0.167. The summed E-state index contributed by atoms with van der Waals surface area (Å²) in [5.74, 6) is 0.931. The zero-order valence-corrected chi connectivity index (χ0v) is 12.3. The Morgan fingerprint density at radius 1 is 0.952 bits per heavy atom. The van der Waals surface area contributed by atoms with Gasteiger partial charge in [0.05, 0.1) is 19.8 Å². The van der Waals surface area contributed by atoms with Gasteiger partial charge in [-0.2, -0.15) is 0 Å². The number of ether oxygens (including phenoxy) is 3. The van der Waals surface area contributed by atoms with Gasteiger partial charge in [-0.05, 0) is 23.8 Å². The molecule has 21 heavy (non-hydrogen) atoms. The van der Waals surface area contributed by atoms with Gasteiger partial charge in [-0.1, -0.05) is 30.3 Å². The molecule has 2 rings (SSSR count). The van der Waals surface area contributed by atoms with Crippen molar-refractivity contribution in [1.29, 1.82) is 0 Å². The molecule has 110 valence electrons. The fourth-order valence-corrected chi connectivity index (χ4v) is 2.17. The van der Waals surface area contributed by atoms with E-state index in [1.165, 1.54) is 14.2 Å². The van der Waals surface area contributed by atoms with Crippen molar-refractivity contribution in [2.45, 2.75) is 6.10 Å². The predicted molar refractivity (Wildman–Crippen MR) is 80.1 cm³/mol. The molecule has 2 aromatic rings. The highest BCUT2D eigenvalue weighted by atomic mass is 16.5. The van der Waals surface area contributed by atoms with Crippen molar-refractivity contribution >= 4 is 5.78 Å². The van der Waals surface area contributed by atoms with Crippen molar-refractivity contribution in [3.8, 4) is 11.5 Å². The zero-order valence-electron chi connectivity index (χ0n) is 12.3. The van der Waals surface area contributed by atoms with Crippen LogP contribution in [0.4, 0.5) is 0 Å². The van der Waals surface area contributed by atoms with Gasteiger partial charge in [0.15, 0.2) is 5.78 Å². The smallest absolute Gasteiger partial charge is 0.199 e. The Balaban J connectivity index is 2.42. The fourth-order valence-electron chi connectivity index (χ4n) is 2.17. The van der Waals surface area contributed by atoms with Crippen LogP contribution in [-0.4, -0.2) is 27.1 Å². The van der Waals surface area contributed by atoms with E-state index in [9.17, 15) is 4.79 Å². The lowest BCUT2D eigenvalue weighted by Crippen LogP contribution is -2.16. The third-order valence-electron chi connectivity index (χ3n) is 3.25. The van der Waals surface area contributed by atoms with Gasteiger partial charge in [0.25, 0.3) is 0 Å². The molecule has 0 spiro atoms. The molecule has 0 aliphatic rings. The minimum atomic E-state index is -0.674. The molecule has 2 aromatic carbocycles. The molecule has 0 N–H and O–H groups in total. The van der Waals surface area contributed by atoms with Gasteiger partial charge in [-0.25, -0.2) is 0 Å². The van der Waals surface area contributed by atoms with Crippen LogP contribution in [-0.2, 0) is 4.74 Å². The van der Waals surface area contributed by atoms with Gasteiger partial charge < -0.3 is 14.2 Å². The van der Waals surface area contributed by atoms with E-state index < -0.39 is 6.10 Å². The van der Waals surface area contributed by atoms with E-state index in [4.69, 9.17) is 14.2 Å². The third kappa shape index (κ3) is 3.23. The highest BCUT2D eigenvalue weighted by molar-refractivity contribution is 6.02. The summed E-state index contributed by atoms with van der Waals surface area (Å²) in [4.78, 5) is 12.8. The van der Waals surface area contributed by atoms with Crippen LogP contribution in [0.2, 0.25) is 0 Å². The normalized spacial score (nSPS) is 11.8. The van der Waals surface area contributed by atoms with Crippen LogP contribution in [0, 0.1) is 0 Å². The second kappa shape index (κ2) is 6.90. The number of benzene rings is 2. The Morgan fingerprint density at radius 3 is 2.24 bits per heavy atom. The SMILES string of the molecule is COc1ccc(OC)c(C(=O)C(OC)c2ccccc2)c1. The van der Waals surface area contributed by atoms with Crippen LogP contribution >= 0.6 is 0 Å². The molecule has 0 heterocycles. The van der Waals surface area contributed by atoms with Crippen molar-refractivity contribution in [3.63, 3.8) is 0 Å². The first-order valence-corrected chi connectivity index (χ1v) is 6.55. The highest BCUT2D eigenvalue weighted by Gasteiger charge is 2.24. The lowest BCUT2D eigenvalue weighted by molar-refractivity contribution is 0.0601. The molecule has 0 bridgehead atoms. The second-order valence-electron chi connectivity index (χ2n) is 4.46. The number of rotatable bonds is 6. The van der Waals surface area contributed by atoms with Crippen LogP contribution in [0.1, 0.15) is 22.0 Å². The van der Waals surface area contributed by atoms with Crippen LogP contribution in [0.5, 0.6) is 11.5 Å². The maximum absolute atomic E-state index is 12.8. The number of ketones is 1. The summed E-state index contributed by atoms with van der Waals surface area (Å²) in [6.07, 6.45) is -0.674. The van der Waals surface area contributed by atoms with E-state index in [-0.39, 0.29) is 5.78 Å². The molecular weight excluding hydrogens is 268 g/mol. The molecule has 4 nitrogen and oxygen atoms in total. The van der Waals surface area contributed by atoms with Crippen molar-refractivity contribution in [2.75, 3.05) is 21.3 Å². The van der Waals surface area contributed by atoms with Crippen molar-refractivity contribution < 1.29 is 19.0 Å². The molecule has 0 fully saturated rings. The molecule has 0 saturated carbocycles. The predicted octanol–water partition coefficient (Wildman–Crippen LogP) is 3.27. The quantitative estimate of drug-likeness (QED) is 0.764. The Hall–Kier alpha value is -2.33. The molecule has 0 aromatic heterocycles. The molecule has 0 aliphatic heterocycles. The molecule has 0 aliphatic carbocycles. The summed E-state index contributed by atoms with van der Waals surface area (Å²) >= 11 is 0. The lowest BCUT2D eigenvalue weighted by atomic mass is 9.99. The molecule has 0 saturated heterocycles. The van der Waals surface area contributed by atoms with Gasteiger partial charge >= 0.3 is 0 Å². The van der Waals surface area contributed by atoms with Crippen LogP contribution < -0.4 is 9.47 Å². The van der Waals surface area contributed by atoms with Crippen LogP contribution in [0.15, 0.2) is 48.5 Å². The first-order valence-electron chi connectivity index (χ1n) is 6.55. The van der Waals surface area contributed by atoms with E-state index in [1.807, 2.05) is 30.3 Å². The minimum Gasteiger partial charge on any atom is -0.497 e. The first kappa shape index (κ1) is 15.1. The third-order valence-corrected chi connectivity index (χ3v) is 3.25. The Bertz CT molecular complexity index is 607. The van der Waals surface area contributed by atoms with E-state index in [0.717, 1.165) is 5.56 Å². The summed E-state index contributed by atoms with van der Waals surface area (Å²) in [7, 11) is 4.60. The molecule has 0 amide bonds. The van der Waals surface area contributed by atoms with Crippen molar-refractivity contribution in [2.24, 2.45) is 0 Å². The van der Waals surface area contributed by atoms with Gasteiger partial charge in [0, 0.05) is 7.11 Å². The average molecular weight is 286 g/mol. The number of methoxy groups -OCH3 is 3. The van der Waals surface area contributed by atoms with Crippen molar-refractivity contribution in [1.82, 2.24) is 0 Å². The zero-order chi connectivity index (χ0) is 15.2. The monoisotopic (exact) mass is 286 g/mol. The molecule has 4 heteroatoms. The molecule has 0 radical (unpaired) electrons. The molecule has 1 unspecified atom stereocenters. The summed E-state index contributed by atoms with van der Waals surface area (Å²) in [5, 5.41) is 0. The Labute approximate surface area is 124 Å². The Kier molecular flexibility index (Phi) is 4.95. The second-order valence-corrected chi connectivity index (χ2v) is 4.46. The highest BCUT2D eigenvalue weighted by Crippen LogP contribution is 2.30. The maximum atomic E-state index is 12.8. The first-order chi connectivity index (χ1) is 10.2. The number of hydrogen-bond donors (Lipinski definition) is 0. The van der Waals surface area contributed by atoms with Crippen LogP contribution in [0.3, 0.4) is 0 Å². The summed E-state index contributed by atoms with van der Waals surface area (Å²) < 4.78 is 15.8. The Morgan fingerprint density at radius 2 is 1.67 bits per heavy atom. The van der Waals surface area contributed by atoms with Gasteiger partial charge in [-0.3, -0.25) is 4.79 Å². The number of hydrogen-bond acceptors (Lipinski definition) is 4. The number of carbonyl (C=O) groups excluding carboxylic acids is 1. The number of Topliss-reactive ketones (excluding diaryl/α,β-unsaturated/α-hetero) is 1. The maximum Gasteiger partial charge on any atom is 0.199 e. The summed E-state index contributed by atoms with van der Waals surface area (Å²) in [5.41, 5.74) is 1.24. The summed E-state index contributed by atoms with van der Waals surface area (Å²) in [6.45, 7) is 0. The summed E-state index contributed by atoms with van der Waals surface area (Å²) in [6, 6.07) is 14.5. The number of carbonyl (C=O) groups is 1. The standard InChI is InChI=1S/C17H18O4/c1-19-13-9-10-15(20-2)14(11-13)16(18)17(21-3)12-7-5-4-6-8-12/h4-11,17H,1-3H3. The topological polar surface area (TPSA) is 44.8 Å². The van der Waals surface area contributed by atoms with Crippen molar-refractivity contribution in [3.05, 3.63) is 59.7 Å². The van der Waals surface area contributed by atoms with E-state index in [2.05, 4.69) is 0 Å². The van der Waals surface area contributed by atoms with Gasteiger partial charge in [0.1, 0.15) is 17.6 Å². The van der Waals surface area contributed by atoms with E-state index in [1.54, 1.807) is 25.3 Å². The van der Waals surface area contributed by atoms with Gasteiger partial charge in [-0.15, -0.1) is 0 Å². The average Bonchev–Trinajstić information content (AvgIpc) is 2.55. The lowest BCUT2D eigenvalue weighted by Gasteiger charge is -2.17. The van der Waals surface area contributed by atoms with E-state index >= 15 is 0 Å². The fraction of sp³-hybridized carbons (Fsp3) is 0.235. The van der Waals surface area contributed by atoms with E-state index in [0.29, 0.717) is 17.1 Å². The molecular formula is C17H18O4. The molecule has 1 atom stereocenters. The largest absolute Gasteiger partial charge is 0.497 e.